The molecule has 3 rings (SSSR count). The molecule has 1 saturated heterocycles. The Bertz CT molecular complexity index is 941. The van der Waals surface area contributed by atoms with Crippen LogP contribution < -0.4 is 15.5 Å². The van der Waals surface area contributed by atoms with E-state index in [9.17, 15) is 9.59 Å². The van der Waals surface area contributed by atoms with Gasteiger partial charge in [-0.05, 0) is 48.2 Å². The zero-order chi connectivity index (χ0) is 25.0. The molecule has 1 atom stereocenters. The van der Waals surface area contributed by atoms with Gasteiger partial charge in [-0.15, -0.1) is 0 Å². The molecule has 1 heterocycles. The smallest absolute Gasteiger partial charge is 0.321 e. The van der Waals surface area contributed by atoms with E-state index >= 15 is 0 Å². The average Bonchev–Trinajstić information content (AvgIpc) is 2.91. The Balaban J connectivity index is 1.64. The predicted octanol–water partition coefficient (Wildman–Crippen LogP) is 4.07. The van der Waals surface area contributed by atoms with E-state index in [1.807, 2.05) is 30.0 Å². The molecule has 2 N–H and O–H groups in total. The molecule has 0 aromatic heterocycles. The van der Waals surface area contributed by atoms with E-state index in [1.54, 1.807) is 11.9 Å². The summed E-state index contributed by atoms with van der Waals surface area (Å²) in [6.07, 6.45) is 3.89. The monoisotopic (exact) mass is 480 g/mol. The zero-order valence-electron chi connectivity index (χ0n) is 21.4. The number of urea groups is 1. The second kappa shape index (κ2) is 13.9. The Labute approximate surface area is 209 Å². The SMILES string of the molecule is CCCCCNC(=O)N(C)c1cccc(-c2ccc(CC(NCC)C(=O)N3CCOCC3)cc2)c1. The minimum absolute atomic E-state index is 0.0898. The lowest BCUT2D eigenvalue weighted by molar-refractivity contribution is -0.137. The van der Waals surface area contributed by atoms with Crippen LogP contribution in [0.1, 0.15) is 38.7 Å². The number of hydrogen-bond donors (Lipinski definition) is 2. The van der Waals surface area contributed by atoms with Crippen molar-refractivity contribution in [2.45, 2.75) is 45.6 Å². The summed E-state index contributed by atoms with van der Waals surface area (Å²) in [7, 11) is 1.80. The van der Waals surface area contributed by atoms with Gasteiger partial charge in [0, 0.05) is 32.4 Å². The lowest BCUT2D eigenvalue weighted by Crippen LogP contribution is -2.51. The van der Waals surface area contributed by atoms with E-state index in [-0.39, 0.29) is 18.0 Å². The van der Waals surface area contributed by atoms with Crippen LogP contribution >= 0.6 is 0 Å². The normalized spacial score (nSPS) is 14.4. The van der Waals surface area contributed by atoms with Crippen LogP contribution in [-0.4, -0.2) is 69.3 Å². The Morgan fingerprint density at radius 3 is 2.46 bits per heavy atom. The molecule has 2 aromatic rings. The second-order valence-electron chi connectivity index (χ2n) is 9.00. The van der Waals surface area contributed by atoms with Gasteiger partial charge < -0.3 is 20.3 Å². The van der Waals surface area contributed by atoms with Crippen LogP contribution in [-0.2, 0) is 16.0 Å². The minimum atomic E-state index is -0.239. The van der Waals surface area contributed by atoms with E-state index in [0.29, 0.717) is 39.3 Å². The first-order valence-corrected chi connectivity index (χ1v) is 12.8. The van der Waals surface area contributed by atoms with Gasteiger partial charge in [0.2, 0.25) is 5.91 Å². The van der Waals surface area contributed by atoms with Crippen molar-refractivity contribution in [2.75, 3.05) is 51.3 Å². The lowest BCUT2D eigenvalue weighted by Gasteiger charge is -2.30. The van der Waals surface area contributed by atoms with Crippen molar-refractivity contribution >= 4 is 17.6 Å². The number of carbonyl (C=O) groups is 2. The largest absolute Gasteiger partial charge is 0.378 e. The Morgan fingerprint density at radius 2 is 1.77 bits per heavy atom. The number of morpholine rings is 1. The second-order valence-corrected chi connectivity index (χ2v) is 9.00. The predicted molar refractivity (Wildman–Crippen MR) is 142 cm³/mol. The minimum Gasteiger partial charge on any atom is -0.378 e. The number of amides is 3. The number of carbonyl (C=O) groups excluding carboxylic acids is 2. The number of benzene rings is 2. The van der Waals surface area contributed by atoms with Crippen molar-refractivity contribution in [1.29, 1.82) is 0 Å². The number of hydrogen-bond acceptors (Lipinski definition) is 4. The molecule has 2 aromatic carbocycles. The zero-order valence-corrected chi connectivity index (χ0v) is 21.4. The highest BCUT2D eigenvalue weighted by Crippen LogP contribution is 2.25. The number of rotatable bonds is 11. The summed E-state index contributed by atoms with van der Waals surface area (Å²) in [6.45, 7) is 8.13. The fraction of sp³-hybridized carbons (Fsp3) is 0.500. The van der Waals surface area contributed by atoms with E-state index in [2.05, 4.69) is 47.9 Å². The van der Waals surface area contributed by atoms with Crippen LogP contribution in [0, 0.1) is 0 Å². The van der Waals surface area contributed by atoms with Crippen molar-refractivity contribution in [2.24, 2.45) is 0 Å². The highest BCUT2D eigenvalue weighted by atomic mass is 16.5. The maximum Gasteiger partial charge on any atom is 0.321 e. The highest BCUT2D eigenvalue weighted by molar-refractivity contribution is 5.92. The summed E-state index contributed by atoms with van der Waals surface area (Å²) >= 11 is 0. The quantitative estimate of drug-likeness (QED) is 0.476. The number of ether oxygens (including phenoxy) is 1. The van der Waals surface area contributed by atoms with Crippen LogP contribution in [0.25, 0.3) is 11.1 Å². The van der Waals surface area contributed by atoms with Gasteiger partial charge in [0.1, 0.15) is 0 Å². The maximum absolute atomic E-state index is 13.0. The number of unbranched alkanes of at least 4 members (excludes halogenated alkanes) is 2. The van der Waals surface area contributed by atoms with Crippen molar-refractivity contribution in [3.8, 4) is 11.1 Å². The molecule has 3 amide bonds. The van der Waals surface area contributed by atoms with Gasteiger partial charge in [-0.25, -0.2) is 4.79 Å². The molecule has 0 saturated carbocycles. The third-order valence-corrected chi connectivity index (χ3v) is 6.39. The molecule has 0 radical (unpaired) electrons. The van der Waals surface area contributed by atoms with E-state index in [4.69, 9.17) is 4.74 Å². The Morgan fingerprint density at radius 1 is 1.03 bits per heavy atom. The lowest BCUT2D eigenvalue weighted by atomic mass is 9.99. The number of likely N-dealkylation sites (N-methyl/N-ethyl adjacent to an activating group) is 1. The van der Waals surface area contributed by atoms with Crippen LogP contribution in [0.5, 0.6) is 0 Å². The molecule has 0 bridgehead atoms. The average molecular weight is 481 g/mol. The maximum atomic E-state index is 13.0. The Hall–Kier alpha value is -2.90. The summed E-state index contributed by atoms with van der Waals surface area (Å²) < 4.78 is 5.39. The Kier molecular flexibility index (Phi) is 10.6. The molecule has 1 aliphatic heterocycles. The standard InChI is InChI=1S/C28H40N4O3/c1-4-6-7-15-30-28(34)31(3)25-10-8-9-24(21-25)23-13-11-22(12-14-23)20-26(29-5-2)27(33)32-16-18-35-19-17-32/h8-14,21,26,29H,4-7,15-20H2,1-3H3,(H,30,34). The summed E-state index contributed by atoms with van der Waals surface area (Å²) in [5, 5.41) is 6.34. The fourth-order valence-corrected chi connectivity index (χ4v) is 4.27. The van der Waals surface area contributed by atoms with Crippen LogP contribution in [0.15, 0.2) is 48.5 Å². The van der Waals surface area contributed by atoms with Crippen LogP contribution in [0.2, 0.25) is 0 Å². The van der Waals surface area contributed by atoms with Gasteiger partial charge in [0.15, 0.2) is 0 Å². The van der Waals surface area contributed by atoms with Gasteiger partial charge in [-0.1, -0.05) is 63.1 Å². The van der Waals surface area contributed by atoms with Gasteiger partial charge in [0.05, 0.1) is 19.3 Å². The molecular formula is C28H40N4O3. The van der Waals surface area contributed by atoms with Crippen molar-refractivity contribution < 1.29 is 14.3 Å². The number of anilines is 1. The van der Waals surface area contributed by atoms with Crippen molar-refractivity contribution in [3.05, 3.63) is 54.1 Å². The van der Waals surface area contributed by atoms with E-state index < -0.39 is 0 Å². The van der Waals surface area contributed by atoms with E-state index in [1.165, 1.54) is 0 Å². The number of nitrogens with zero attached hydrogens (tertiary/aromatic N) is 2. The van der Waals surface area contributed by atoms with Crippen molar-refractivity contribution in [1.82, 2.24) is 15.5 Å². The first kappa shape index (κ1) is 26.7. The van der Waals surface area contributed by atoms with Crippen LogP contribution in [0.3, 0.4) is 0 Å². The third-order valence-electron chi connectivity index (χ3n) is 6.39. The summed E-state index contributed by atoms with van der Waals surface area (Å²) in [4.78, 5) is 29.1. The summed E-state index contributed by atoms with van der Waals surface area (Å²) in [6, 6.07) is 16.0. The summed E-state index contributed by atoms with van der Waals surface area (Å²) in [5.74, 6) is 0.142. The first-order valence-electron chi connectivity index (χ1n) is 12.8. The molecule has 0 aliphatic carbocycles. The molecule has 1 unspecified atom stereocenters. The van der Waals surface area contributed by atoms with E-state index in [0.717, 1.165) is 48.2 Å². The highest BCUT2D eigenvalue weighted by Gasteiger charge is 2.25. The van der Waals surface area contributed by atoms with Gasteiger partial charge in [-0.2, -0.15) is 0 Å². The van der Waals surface area contributed by atoms with Crippen molar-refractivity contribution in [3.63, 3.8) is 0 Å². The van der Waals surface area contributed by atoms with Gasteiger partial charge >= 0.3 is 6.03 Å². The molecule has 35 heavy (non-hydrogen) atoms. The number of nitrogens with one attached hydrogen (secondary N) is 2. The summed E-state index contributed by atoms with van der Waals surface area (Å²) in [5.41, 5.74) is 4.09. The van der Waals surface area contributed by atoms with Gasteiger partial charge in [0.25, 0.3) is 0 Å². The molecular weight excluding hydrogens is 440 g/mol. The topological polar surface area (TPSA) is 73.9 Å². The molecule has 7 heteroatoms. The van der Waals surface area contributed by atoms with Crippen LogP contribution in [0.4, 0.5) is 10.5 Å². The molecule has 7 nitrogen and oxygen atoms in total. The molecule has 1 fully saturated rings. The first-order chi connectivity index (χ1) is 17.0. The molecule has 0 spiro atoms. The van der Waals surface area contributed by atoms with Gasteiger partial charge in [-0.3, -0.25) is 9.69 Å². The molecule has 190 valence electrons. The third kappa shape index (κ3) is 7.80. The molecule has 1 aliphatic rings. The fourth-order valence-electron chi connectivity index (χ4n) is 4.27.